The van der Waals surface area contributed by atoms with E-state index in [1.54, 1.807) is 6.08 Å². The third kappa shape index (κ3) is 3.73. The minimum atomic E-state index is -4.52. The largest absolute Gasteiger partial charge is 0.481 e. The third-order valence-corrected chi connectivity index (χ3v) is 4.52. The first-order valence-electron chi connectivity index (χ1n) is 8.91. The predicted octanol–water partition coefficient (Wildman–Crippen LogP) is 1.62. The van der Waals surface area contributed by atoms with Crippen LogP contribution in [0.2, 0.25) is 0 Å². The van der Waals surface area contributed by atoms with Gasteiger partial charge in [-0.3, -0.25) is 4.79 Å². The molecular formula is C19H17F3N6O2. The lowest BCUT2D eigenvalue weighted by molar-refractivity contribution is -0.137. The molecule has 3 N–H and O–H groups in total. The summed E-state index contributed by atoms with van der Waals surface area (Å²) >= 11 is 0. The normalized spacial score (nSPS) is 20.1. The number of benzene rings is 1. The summed E-state index contributed by atoms with van der Waals surface area (Å²) in [7, 11) is 1.46. The molecule has 4 rings (SSSR count). The molecule has 0 aromatic heterocycles. The number of halogens is 3. The van der Waals surface area contributed by atoms with Crippen molar-refractivity contribution in [3.63, 3.8) is 0 Å². The average Bonchev–Trinajstić information content (AvgIpc) is 3.16. The Hall–Kier alpha value is -3.76. The van der Waals surface area contributed by atoms with E-state index in [1.807, 2.05) is 0 Å². The molecule has 1 aromatic rings. The van der Waals surface area contributed by atoms with E-state index in [-0.39, 0.29) is 23.6 Å². The minimum Gasteiger partial charge on any atom is -0.481 e. The van der Waals surface area contributed by atoms with E-state index >= 15 is 0 Å². The molecule has 0 saturated heterocycles. The highest BCUT2D eigenvalue weighted by Gasteiger charge is 2.36. The van der Waals surface area contributed by atoms with Crippen molar-refractivity contribution in [2.75, 3.05) is 13.8 Å². The maximum absolute atomic E-state index is 13.4. The molecule has 1 unspecified atom stereocenters. The zero-order valence-electron chi connectivity index (χ0n) is 15.7. The number of nitrogens with one attached hydrogen (secondary N) is 3. The molecular weight excluding hydrogens is 401 g/mol. The number of hydrazone groups is 1. The summed E-state index contributed by atoms with van der Waals surface area (Å²) in [5, 5.41) is 14.2. The molecule has 0 bridgehead atoms. The minimum absolute atomic E-state index is 0.0658. The number of rotatable bonds is 3. The topological polar surface area (TPSA) is 90.3 Å². The first-order valence-corrected chi connectivity index (χ1v) is 8.91. The van der Waals surface area contributed by atoms with Crippen LogP contribution in [-0.4, -0.2) is 42.5 Å². The summed E-state index contributed by atoms with van der Waals surface area (Å²) in [5.74, 6) is 0.240. The van der Waals surface area contributed by atoms with Crippen molar-refractivity contribution in [1.29, 1.82) is 0 Å². The van der Waals surface area contributed by atoms with Gasteiger partial charge in [-0.1, -0.05) is 18.2 Å². The highest BCUT2D eigenvalue weighted by atomic mass is 19.4. The molecule has 8 nitrogen and oxygen atoms in total. The van der Waals surface area contributed by atoms with Gasteiger partial charge in [-0.05, 0) is 18.2 Å². The lowest BCUT2D eigenvalue weighted by atomic mass is 10.0. The number of carbonyl (C=O) groups excluding carboxylic acids is 1. The molecule has 3 heterocycles. The van der Waals surface area contributed by atoms with Gasteiger partial charge in [0.1, 0.15) is 24.4 Å². The van der Waals surface area contributed by atoms with E-state index in [9.17, 15) is 18.0 Å². The van der Waals surface area contributed by atoms with Gasteiger partial charge in [-0.25, -0.2) is 10.0 Å². The number of ether oxygens (including phenoxy) is 1. The summed E-state index contributed by atoms with van der Waals surface area (Å²) in [5.41, 5.74) is -0.609. The van der Waals surface area contributed by atoms with Crippen LogP contribution >= 0.6 is 0 Å². The van der Waals surface area contributed by atoms with Crippen LogP contribution in [0.1, 0.15) is 11.1 Å². The van der Waals surface area contributed by atoms with Gasteiger partial charge in [0.2, 0.25) is 5.90 Å². The molecule has 30 heavy (non-hydrogen) atoms. The monoisotopic (exact) mass is 418 g/mol. The van der Waals surface area contributed by atoms with Crippen LogP contribution in [0.4, 0.5) is 13.2 Å². The third-order valence-electron chi connectivity index (χ3n) is 4.52. The number of hydrogen-bond acceptors (Lipinski definition) is 7. The van der Waals surface area contributed by atoms with Crippen LogP contribution < -0.4 is 16.0 Å². The smallest absolute Gasteiger partial charge is 0.417 e. The van der Waals surface area contributed by atoms with Gasteiger partial charge in [0.25, 0.3) is 5.91 Å². The Morgan fingerprint density at radius 3 is 2.90 bits per heavy atom. The van der Waals surface area contributed by atoms with Crippen LogP contribution in [-0.2, 0) is 15.7 Å². The number of methoxy groups -OCH3 is 1. The Labute approximate surface area is 169 Å². The molecule has 0 fully saturated rings. The Morgan fingerprint density at radius 2 is 2.13 bits per heavy atom. The molecule has 156 valence electrons. The zero-order chi connectivity index (χ0) is 21.3. The van der Waals surface area contributed by atoms with Crippen molar-refractivity contribution in [3.05, 3.63) is 71.3 Å². The van der Waals surface area contributed by atoms with Crippen LogP contribution in [0.3, 0.4) is 0 Å². The molecule has 0 spiro atoms. The summed E-state index contributed by atoms with van der Waals surface area (Å²) in [6, 6.07) is 5.18. The molecule has 3 aliphatic rings. The van der Waals surface area contributed by atoms with Gasteiger partial charge in [0, 0.05) is 17.8 Å². The molecule has 1 atom stereocenters. The lowest BCUT2D eigenvalue weighted by Gasteiger charge is -2.26. The van der Waals surface area contributed by atoms with E-state index in [2.05, 4.69) is 26.0 Å². The quantitative estimate of drug-likeness (QED) is 0.694. The van der Waals surface area contributed by atoms with Gasteiger partial charge >= 0.3 is 6.18 Å². The van der Waals surface area contributed by atoms with Crippen LogP contribution in [0, 0.1) is 0 Å². The number of nitrogens with zero attached hydrogens (tertiary/aromatic N) is 3. The molecule has 1 amide bonds. The van der Waals surface area contributed by atoms with E-state index in [0.29, 0.717) is 11.7 Å². The van der Waals surface area contributed by atoms with Crippen molar-refractivity contribution in [3.8, 4) is 0 Å². The summed E-state index contributed by atoms with van der Waals surface area (Å²) in [6.45, 7) is 0.234. The second-order valence-electron chi connectivity index (χ2n) is 6.42. The van der Waals surface area contributed by atoms with E-state index in [4.69, 9.17) is 4.74 Å². The summed E-state index contributed by atoms with van der Waals surface area (Å²) in [4.78, 5) is 16.8. The first kappa shape index (κ1) is 19.6. The van der Waals surface area contributed by atoms with Crippen molar-refractivity contribution < 1.29 is 22.7 Å². The van der Waals surface area contributed by atoms with E-state index in [1.165, 1.54) is 48.7 Å². The number of alkyl halides is 3. The Morgan fingerprint density at radius 1 is 1.33 bits per heavy atom. The number of carbonyl (C=O) groups is 1. The fraction of sp³-hybridized carbons (Fsp3) is 0.211. The number of fused-ring (bicyclic) bond motifs is 1. The second kappa shape index (κ2) is 7.58. The maximum atomic E-state index is 13.4. The van der Waals surface area contributed by atoms with Crippen molar-refractivity contribution in [2.45, 2.75) is 12.3 Å². The number of allylic oxidation sites excluding steroid dienone is 1. The molecule has 3 aliphatic heterocycles. The van der Waals surface area contributed by atoms with Gasteiger partial charge in [-0.15, -0.1) is 0 Å². The maximum Gasteiger partial charge on any atom is 0.417 e. The van der Waals surface area contributed by atoms with E-state index in [0.717, 1.165) is 6.07 Å². The Kier molecular flexibility index (Phi) is 4.94. The fourth-order valence-electron chi connectivity index (χ4n) is 3.12. The first-order chi connectivity index (χ1) is 14.4. The van der Waals surface area contributed by atoms with Crippen LogP contribution in [0.15, 0.2) is 70.3 Å². The van der Waals surface area contributed by atoms with Crippen LogP contribution in [0.5, 0.6) is 0 Å². The van der Waals surface area contributed by atoms with Gasteiger partial charge < -0.3 is 20.7 Å². The predicted molar refractivity (Wildman–Crippen MR) is 103 cm³/mol. The molecule has 11 heteroatoms. The van der Waals surface area contributed by atoms with Gasteiger partial charge in [0.15, 0.2) is 0 Å². The SMILES string of the molecule is COC1=NCNC(NC(=O)C2=CNC3C=CC(c4ccccc4C(F)(F)F)=NN23)=C1. The number of hydrogen-bond donors (Lipinski definition) is 3. The number of amides is 1. The number of aliphatic imine (C=N–C) groups is 1. The second-order valence-corrected chi connectivity index (χ2v) is 6.42. The Bertz CT molecular complexity index is 1030. The fourth-order valence-corrected chi connectivity index (χ4v) is 3.12. The van der Waals surface area contributed by atoms with Crippen molar-refractivity contribution in [2.24, 2.45) is 10.1 Å². The average molecular weight is 418 g/mol. The van der Waals surface area contributed by atoms with Gasteiger partial charge in [-0.2, -0.15) is 18.3 Å². The standard InChI is InChI=1S/C19H17F3N6O2/c1-30-17-8-15(24-10-25-17)26-18(29)14-9-23-16-7-6-13(27-28(14)16)11-4-2-3-5-12(11)19(20,21)22/h2-9,16,23-24H,10H2,1H3,(H,26,29). The molecule has 1 aromatic carbocycles. The molecule has 0 aliphatic carbocycles. The van der Waals surface area contributed by atoms with Crippen molar-refractivity contribution >= 4 is 17.5 Å². The Balaban J connectivity index is 1.58. The van der Waals surface area contributed by atoms with Gasteiger partial charge in [0.05, 0.1) is 18.4 Å². The molecule has 0 radical (unpaired) electrons. The lowest BCUT2D eigenvalue weighted by Crippen LogP contribution is -2.41. The van der Waals surface area contributed by atoms with Crippen LogP contribution in [0.25, 0.3) is 0 Å². The van der Waals surface area contributed by atoms with E-state index < -0.39 is 23.8 Å². The zero-order valence-corrected chi connectivity index (χ0v) is 15.7. The summed E-state index contributed by atoms with van der Waals surface area (Å²) < 4.78 is 45.2. The van der Waals surface area contributed by atoms with Crippen molar-refractivity contribution in [1.82, 2.24) is 21.0 Å². The molecule has 0 saturated carbocycles. The highest BCUT2D eigenvalue weighted by molar-refractivity contribution is 6.10. The highest BCUT2D eigenvalue weighted by Crippen LogP contribution is 2.33. The summed E-state index contributed by atoms with van der Waals surface area (Å²) in [6.07, 6.45) is 1.12.